The van der Waals surface area contributed by atoms with Gasteiger partial charge in [0.05, 0.1) is 0 Å². The summed E-state index contributed by atoms with van der Waals surface area (Å²) in [5, 5.41) is 9.38. The van der Waals surface area contributed by atoms with E-state index in [0.717, 1.165) is 55.6 Å². The van der Waals surface area contributed by atoms with Gasteiger partial charge in [0.25, 0.3) is 0 Å². The SMILES string of the molecule is CCc1cc(N2CCN(c3ccc(O)cc3)CC2)nc(C)n1. The lowest BCUT2D eigenvalue weighted by molar-refractivity contribution is 0.475. The van der Waals surface area contributed by atoms with Crippen LogP contribution in [0.3, 0.4) is 0 Å². The van der Waals surface area contributed by atoms with Crippen molar-refractivity contribution in [3.05, 3.63) is 41.9 Å². The molecular weight excluding hydrogens is 276 g/mol. The smallest absolute Gasteiger partial charge is 0.132 e. The van der Waals surface area contributed by atoms with Crippen LogP contribution in [0.4, 0.5) is 11.5 Å². The zero-order chi connectivity index (χ0) is 15.5. The topological polar surface area (TPSA) is 52.5 Å². The zero-order valence-corrected chi connectivity index (χ0v) is 13.2. The molecule has 1 aliphatic rings. The highest BCUT2D eigenvalue weighted by Gasteiger charge is 2.19. The van der Waals surface area contributed by atoms with Crippen LogP contribution in [0.5, 0.6) is 5.75 Å². The van der Waals surface area contributed by atoms with Gasteiger partial charge >= 0.3 is 0 Å². The van der Waals surface area contributed by atoms with E-state index >= 15 is 0 Å². The van der Waals surface area contributed by atoms with E-state index in [1.165, 1.54) is 0 Å². The number of phenolic OH excluding ortho intramolecular Hbond substituents is 1. The number of aryl methyl sites for hydroxylation is 2. The van der Waals surface area contributed by atoms with Crippen molar-refractivity contribution >= 4 is 11.5 Å². The Bertz CT molecular complexity index is 634. The van der Waals surface area contributed by atoms with Gasteiger partial charge in [-0.05, 0) is 37.6 Å². The van der Waals surface area contributed by atoms with Crippen molar-refractivity contribution in [1.82, 2.24) is 9.97 Å². The first-order chi connectivity index (χ1) is 10.7. The summed E-state index contributed by atoms with van der Waals surface area (Å²) in [5.74, 6) is 2.19. The Labute approximate surface area is 131 Å². The number of aromatic nitrogens is 2. The fraction of sp³-hybridized carbons (Fsp3) is 0.412. The molecule has 1 aliphatic heterocycles. The molecule has 1 N–H and O–H groups in total. The van der Waals surface area contributed by atoms with Crippen molar-refractivity contribution < 1.29 is 5.11 Å². The maximum atomic E-state index is 9.38. The molecule has 1 fully saturated rings. The summed E-state index contributed by atoms with van der Waals surface area (Å²) < 4.78 is 0. The number of nitrogens with zero attached hydrogens (tertiary/aromatic N) is 4. The fourth-order valence-corrected chi connectivity index (χ4v) is 2.81. The average Bonchev–Trinajstić information content (AvgIpc) is 2.55. The second kappa shape index (κ2) is 6.22. The van der Waals surface area contributed by atoms with E-state index in [2.05, 4.69) is 32.8 Å². The van der Waals surface area contributed by atoms with Crippen molar-refractivity contribution in [2.45, 2.75) is 20.3 Å². The first kappa shape index (κ1) is 14.6. The number of benzene rings is 1. The minimum absolute atomic E-state index is 0.311. The van der Waals surface area contributed by atoms with Crippen LogP contribution < -0.4 is 9.80 Å². The molecule has 3 rings (SSSR count). The van der Waals surface area contributed by atoms with Gasteiger partial charge in [-0.1, -0.05) is 6.92 Å². The Balaban J connectivity index is 1.69. The van der Waals surface area contributed by atoms with Crippen LogP contribution in [-0.2, 0) is 6.42 Å². The normalized spacial score (nSPS) is 15.2. The first-order valence-corrected chi connectivity index (χ1v) is 7.79. The minimum Gasteiger partial charge on any atom is -0.508 e. The maximum Gasteiger partial charge on any atom is 0.132 e. The summed E-state index contributed by atoms with van der Waals surface area (Å²) in [6, 6.07) is 9.51. The van der Waals surface area contributed by atoms with Crippen LogP contribution in [-0.4, -0.2) is 41.3 Å². The van der Waals surface area contributed by atoms with Gasteiger partial charge < -0.3 is 14.9 Å². The molecule has 2 heterocycles. The molecule has 0 atom stereocenters. The highest BCUT2D eigenvalue weighted by Crippen LogP contribution is 2.22. The Morgan fingerprint density at radius 2 is 1.64 bits per heavy atom. The van der Waals surface area contributed by atoms with Crippen LogP contribution in [0, 0.1) is 6.92 Å². The van der Waals surface area contributed by atoms with Gasteiger partial charge in [0, 0.05) is 43.6 Å². The van der Waals surface area contributed by atoms with E-state index in [9.17, 15) is 5.11 Å². The van der Waals surface area contributed by atoms with Crippen LogP contribution >= 0.6 is 0 Å². The van der Waals surface area contributed by atoms with E-state index in [4.69, 9.17) is 0 Å². The molecule has 0 radical (unpaired) electrons. The Morgan fingerprint density at radius 3 is 2.27 bits per heavy atom. The summed E-state index contributed by atoms with van der Waals surface area (Å²) in [5.41, 5.74) is 2.26. The molecule has 1 aromatic heterocycles. The van der Waals surface area contributed by atoms with Gasteiger partial charge in [-0.25, -0.2) is 9.97 Å². The Morgan fingerprint density at radius 1 is 1.00 bits per heavy atom. The second-order valence-electron chi connectivity index (χ2n) is 5.61. The molecule has 0 bridgehead atoms. The lowest BCUT2D eigenvalue weighted by Gasteiger charge is -2.36. The van der Waals surface area contributed by atoms with Gasteiger partial charge in [0.2, 0.25) is 0 Å². The van der Waals surface area contributed by atoms with Gasteiger partial charge in [0.15, 0.2) is 0 Å². The predicted molar refractivity (Wildman–Crippen MR) is 88.7 cm³/mol. The first-order valence-electron chi connectivity index (χ1n) is 7.79. The highest BCUT2D eigenvalue weighted by molar-refractivity contribution is 5.51. The van der Waals surface area contributed by atoms with Crippen molar-refractivity contribution in [2.75, 3.05) is 36.0 Å². The standard InChI is InChI=1S/C17H22N4O/c1-3-14-12-17(19-13(2)18-14)21-10-8-20(9-11-21)15-4-6-16(22)7-5-15/h4-7,12,22H,3,8-11H2,1-2H3. The zero-order valence-electron chi connectivity index (χ0n) is 13.2. The van der Waals surface area contributed by atoms with E-state index in [1.54, 1.807) is 12.1 Å². The average molecular weight is 298 g/mol. The molecule has 0 amide bonds. The van der Waals surface area contributed by atoms with Gasteiger partial charge in [-0.3, -0.25) is 0 Å². The molecule has 0 saturated carbocycles. The van der Waals surface area contributed by atoms with E-state index in [-0.39, 0.29) is 0 Å². The van der Waals surface area contributed by atoms with Gasteiger partial charge in [-0.2, -0.15) is 0 Å². The number of piperazine rings is 1. The number of rotatable bonds is 3. The third-order valence-corrected chi connectivity index (χ3v) is 4.06. The third kappa shape index (κ3) is 3.13. The van der Waals surface area contributed by atoms with Crippen LogP contribution in [0.25, 0.3) is 0 Å². The van der Waals surface area contributed by atoms with Crippen molar-refractivity contribution in [2.24, 2.45) is 0 Å². The van der Waals surface area contributed by atoms with Crippen molar-refractivity contribution in [3.63, 3.8) is 0 Å². The molecule has 5 heteroatoms. The van der Waals surface area contributed by atoms with Gasteiger partial charge in [-0.15, -0.1) is 0 Å². The minimum atomic E-state index is 0.311. The second-order valence-corrected chi connectivity index (χ2v) is 5.61. The van der Waals surface area contributed by atoms with E-state index in [0.29, 0.717) is 5.75 Å². The number of aromatic hydroxyl groups is 1. The number of hydrogen-bond donors (Lipinski definition) is 1. The van der Waals surface area contributed by atoms with E-state index < -0.39 is 0 Å². The molecule has 0 spiro atoms. The van der Waals surface area contributed by atoms with Crippen LogP contribution in [0.2, 0.25) is 0 Å². The lowest BCUT2D eigenvalue weighted by Crippen LogP contribution is -2.46. The molecule has 116 valence electrons. The van der Waals surface area contributed by atoms with Crippen LogP contribution in [0.1, 0.15) is 18.4 Å². The monoisotopic (exact) mass is 298 g/mol. The number of hydrogen-bond acceptors (Lipinski definition) is 5. The Hall–Kier alpha value is -2.30. The summed E-state index contributed by atoms with van der Waals surface area (Å²) >= 11 is 0. The molecule has 2 aromatic rings. The third-order valence-electron chi connectivity index (χ3n) is 4.06. The summed E-state index contributed by atoms with van der Waals surface area (Å²) in [6.45, 7) is 7.87. The van der Waals surface area contributed by atoms with Gasteiger partial charge in [0.1, 0.15) is 17.4 Å². The maximum absolute atomic E-state index is 9.38. The predicted octanol–water partition coefficient (Wildman–Crippen LogP) is 2.38. The van der Waals surface area contributed by atoms with Crippen molar-refractivity contribution in [3.8, 4) is 5.75 Å². The Kier molecular flexibility index (Phi) is 4.13. The highest BCUT2D eigenvalue weighted by atomic mass is 16.3. The number of anilines is 2. The quantitative estimate of drug-likeness (QED) is 0.943. The summed E-state index contributed by atoms with van der Waals surface area (Å²) in [4.78, 5) is 13.7. The molecule has 22 heavy (non-hydrogen) atoms. The molecule has 5 nitrogen and oxygen atoms in total. The van der Waals surface area contributed by atoms with E-state index in [1.807, 2.05) is 19.1 Å². The molecule has 1 saturated heterocycles. The largest absolute Gasteiger partial charge is 0.508 e. The fourth-order valence-electron chi connectivity index (χ4n) is 2.81. The van der Waals surface area contributed by atoms with Crippen molar-refractivity contribution in [1.29, 1.82) is 0 Å². The molecule has 0 aliphatic carbocycles. The molecule has 1 aromatic carbocycles. The lowest BCUT2D eigenvalue weighted by atomic mass is 10.2. The van der Waals surface area contributed by atoms with Crippen LogP contribution in [0.15, 0.2) is 30.3 Å². The number of phenols is 1. The summed E-state index contributed by atoms with van der Waals surface area (Å²) in [6.07, 6.45) is 0.934. The molecule has 0 unspecified atom stereocenters. The summed E-state index contributed by atoms with van der Waals surface area (Å²) in [7, 11) is 0. The molecular formula is C17H22N4O.